The number of phenolic OH excluding ortho intramolecular Hbond substituents is 1. The number of fused-ring (bicyclic) bond motifs is 1. The molecule has 0 aliphatic carbocycles. The highest BCUT2D eigenvalue weighted by Gasteiger charge is 2.51. The van der Waals surface area contributed by atoms with Gasteiger partial charge in [-0.15, -0.1) is 0 Å². The van der Waals surface area contributed by atoms with Gasteiger partial charge in [0.05, 0.1) is 0 Å². The molecule has 4 aromatic carbocycles. The van der Waals surface area contributed by atoms with E-state index in [0.717, 1.165) is 27.5 Å². The summed E-state index contributed by atoms with van der Waals surface area (Å²) < 4.78 is 5.42. The van der Waals surface area contributed by atoms with Gasteiger partial charge in [0.25, 0.3) is 11.8 Å². The summed E-state index contributed by atoms with van der Waals surface area (Å²) in [5.74, 6) is -2.34. The Morgan fingerprint density at radius 3 is 2.09 bits per heavy atom. The standard InChI is InChI=1S/C34H34N4O6/c1-20-9-11-21(12-10-20)18-28(32(41)37-27(31(35)40)17-22-13-15-25(39)16-14-22)38-34(43)30-29(44-30)33(42)36-19-24-7-4-6-23-5-2-3-8-26(23)24/h2-16,27-30,39H,17-19H2,1H3,(H2,35,40)(H,36,42)(H,37,41)(H,38,43)/t27-,28-,29-,30-/m0/s1. The van der Waals surface area contributed by atoms with Gasteiger partial charge in [-0.05, 0) is 46.5 Å². The van der Waals surface area contributed by atoms with E-state index in [4.69, 9.17) is 10.5 Å². The molecule has 0 unspecified atom stereocenters. The van der Waals surface area contributed by atoms with E-state index < -0.39 is 47.9 Å². The van der Waals surface area contributed by atoms with Crippen molar-refractivity contribution < 1.29 is 29.0 Å². The predicted molar refractivity (Wildman–Crippen MR) is 164 cm³/mol. The molecule has 1 aliphatic heterocycles. The third-order valence-electron chi connectivity index (χ3n) is 7.57. The first-order valence-corrected chi connectivity index (χ1v) is 14.3. The zero-order valence-corrected chi connectivity index (χ0v) is 24.2. The van der Waals surface area contributed by atoms with E-state index in [1.54, 1.807) is 12.1 Å². The van der Waals surface area contributed by atoms with Gasteiger partial charge in [-0.25, -0.2) is 0 Å². The SMILES string of the molecule is Cc1ccc(C[C@H](NC(=O)[C@H]2O[C@@H]2C(=O)NCc2cccc3ccccc23)C(=O)N[C@@H](Cc2ccc(O)cc2)C(N)=O)cc1. The molecule has 0 aromatic heterocycles. The average Bonchev–Trinajstić information content (AvgIpc) is 3.83. The smallest absolute Gasteiger partial charge is 0.253 e. The number of hydrogen-bond donors (Lipinski definition) is 5. The highest BCUT2D eigenvalue weighted by molar-refractivity contribution is 5.98. The lowest BCUT2D eigenvalue weighted by Gasteiger charge is -2.22. The first-order valence-electron chi connectivity index (χ1n) is 14.3. The van der Waals surface area contributed by atoms with Crippen molar-refractivity contribution in [1.29, 1.82) is 0 Å². The zero-order chi connectivity index (χ0) is 31.2. The van der Waals surface area contributed by atoms with Gasteiger partial charge in [0.1, 0.15) is 17.8 Å². The molecule has 1 saturated heterocycles. The van der Waals surface area contributed by atoms with Crippen molar-refractivity contribution >= 4 is 34.4 Å². The van der Waals surface area contributed by atoms with Gasteiger partial charge >= 0.3 is 0 Å². The second-order valence-corrected chi connectivity index (χ2v) is 10.9. The van der Waals surface area contributed by atoms with Gasteiger partial charge in [0, 0.05) is 19.4 Å². The van der Waals surface area contributed by atoms with Crippen LogP contribution in [-0.4, -0.2) is 53.0 Å². The van der Waals surface area contributed by atoms with E-state index in [1.165, 1.54) is 12.1 Å². The molecule has 4 amide bonds. The Balaban J connectivity index is 1.23. The Kier molecular flexibility index (Phi) is 9.20. The van der Waals surface area contributed by atoms with Crippen molar-refractivity contribution in [2.75, 3.05) is 0 Å². The lowest BCUT2D eigenvalue weighted by Crippen LogP contribution is -2.55. The highest BCUT2D eigenvalue weighted by atomic mass is 16.6. The first kappa shape index (κ1) is 30.2. The number of ether oxygens (including phenoxy) is 1. The third-order valence-corrected chi connectivity index (χ3v) is 7.57. The van der Waals surface area contributed by atoms with Crippen molar-refractivity contribution in [3.8, 4) is 5.75 Å². The molecule has 4 aromatic rings. The van der Waals surface area contributed by atoms with Gasteiger partial charge in [-0.2, -0.15) is 0 Å². The maximum atomic E-state index is 13.4. The third kappa shape index (κ3) is 7.59. The van der Waals surface area contributed by atoms with Crippen molar-refractivity contribution in [1.82, 2.24) is 16.0 Å². The summed E-state index contributed by atoms with van der Waals surface area (Å²) in [5, 5.41) is 19.8. The molecule has 0 radical (unpaired) electrons. The second-order valence-electron chi connectivity index (χ2n) is 10.9. The monoisotopic (exact) mass is 594 g/mol. The number of aryl methyl sites for hydroxylation is 1. The number of hydrogen-bond acceptors (Lipinski definition) is 6. The Labute approximate surface area is 254 Å². The number of nitrogens with two attached hydrogens (primary N) is 1. The van der Waals surface area contributed by atoms with Gasteiger partial charge < -0.3 is 31.5 Å². The van der Waals surface area contributed by atoms with Crippen LogP contribution in [-0.2, 0) is 43.3 Å². The van der Waals surface area contributed by atoms with Crippen LogP contribution in [0.3, 0.4) is 0 Å². The number of carbonyl (C=O) groups is 4. The molecule has 44 heavy (non-hydrogen) atoms. The Morgan fingerprint density at radius 2 is 1.39 bits per heavy atom. The molecular formula is C34H34N4O6. The van der Waals surface area contributed by atoms with E-state index in [2.05, 4.69) is 16.0 Å². The van der Waals surface area contributed by atoms with Crippen LogP contribution in [0.2, 0.25) is 0 Å². The number of amides is 4. The summed E-state index contributed by atoms with van der Waals surface area (Å²) in [5.41, 5.74) is 9.02. The normalized spacial score (nSPS) is 16.8. The lowest BCUT2D eigenvalue weighted by atomic mass is 10.0. The van der Waals surface area contributed by atoms with Crippen LogP contribution in [0, 0.1) is 6.92 Å². The number of aromatic hydroxyl groups is 1. The lowest BCUT2D eigenvalue weighted by molar-refractivity contribution is -0.131. The van der Waals surface area contributed by atoms with Gasteiger partial charge in [-0.3, -0.25) is 19.2 Å². The Bertz CT molecular complexity index is 1670. The largest absolute Gasteiger partial charge is 0.508 e. The highest BCUT2D eigenvalue weighted by Crippen LogP contribution is 2.24. The number of rotatable bonds is 12. The molecule has 10 heteroatoms. The fourth-order valence-corrected chi connectivity index (χ4v) is 5.03. The van der Waals surface area contributed by atoms with E-state index in [9.17, 15) is 24.3 Å². The zero-order valence-electron chi connectivity index (χ0n) is 24.2. The van der Waals surface area contributed by atoms with Crippen LogP contribution in [0.1, 0.15) is 22.3 Å². The molecule has 1 aliphatic rings. The van der Waals surface area contributed by atoms with E-state index in [-0.39, 0.29) is 25.1 Å². The molecule has 5 rings (SSSR count). The maximum Gasteiger partial charge on any atom is 0.253 e. The minimum absolute atomic E-state index is 0.0668. The van der Waals surface area contributed by atoms with Crippen LogP contribution >= 0.6 is 0 Å². The molecule has 0 spiro atoms. The van der Waals surface area contributed by atoms with Crippen LogP contribution < -0.4 is 21.7 Å². The Hall–Kier alpha value is -5.22. The summed E-state index contributed by atoms with van der Waals surface area (Å²) >= 11 is 0. The summed E-state index contributed by atoms with van der Waals surface area (Å²) in [4.78, 5) is 51.7. The number of primary amides is 1. The number of nitrogens with one attached hydrogen (secondary N) is 3. The minimum Gasteiger partial charge on any atom is -0.508 e. The molecule has 0 bridgehead atoms. The first-order chi connectivity index (χ1) is 21.2. The van der Waals surface area contributed by atoms with Gasteiger partial charge in [-0.1, -0.05) is 84.4 Å². The summed E-state index contributed by atoms with van der Waals surface area (Å²) in [6.07, 6.45) is -1.81. The van der Waals surface area contributed by atoms with Crippen LogP contribution in [0.5, 0.6) is 5.75 Å². The van der Waals surface area contributed by atoms with Crippen molar-refractivity contribution in [3.05, 3.63) is 113 Å². The van der Waals surface area contributed by atoms with Crippen molar-refractivity contribution in [2.45, 2.75) is 50.6 Å². The number of benzene rings is 4. The topological polar surface area (TPSA) is 163 Å². The number of carbonyl (C=O) groups excluding carboxylic acids is 4. The second kappa shape index (κ2) is 13.4. The average molecular weight is 595 g/mol. The maximum absolute atomic E-state index is 13.4. The van der Waals surface area contributed by atoms with Crippen LogP contribution in [0.4, 0.5) is 0 Å². The fraction of sp³-hybridized carbons (Fsp3) is 0.235. The molecule has 4 atom stereocenters. The molecule has 0 saturated carbocycles. The van der Waals surface area contributed by atoms with E-state index in [1.807, 2.05) is 73.7 Å². The van der Waals surface area contributed by atoms with E-state index >= 15 is 0 Å². The summed E-state index contributed by atoms with van der Waals surface area (Å²) in [7, 11) is 0. The van der Waals surface area contributed by atoms with Crippen molar-refractivity contribution in [3.63, 3.8) is 0 Å². The van der Waals surface area contributed by atoms with Crippen LogP contribution in [0.25, 0.3) is 10.8 Å². The van der Waals surface area contributed by atoms with Gasteiger partial charge in [0.15, 0.2) is 12.2 Å². The summed E-state index contributed by atoms with van der Waals surface area (Å²) in [6, 6.07) is 25.2. The quantitative estimate of drug-likeness (QED) is 0.158. The predicted octanol–water partition coefficient (Wildman–Crippen LogP) is 2.18. The minimum atomic E-state index is -1.07. The summed E-state index contributed by atoms with van der Waals surface area (Å²) in [6.45, 7) is 2.20. The molecular weight excluding hydrogens is 560 g/mol. The van der Waals surface area contributed by atoms with Crippen molar-refractivity contribution in [2.24, 2.45) is 5.73 Å². The number of phenols is 1. The molecule has 10 nitrogen and oxygen atoms in total. The molecule has 6 N–H and O–H groups in total. The van der Waals surface area contributed by atoms with Gasteiger partial charge in [0.2, 0.25) is 11.8 Å². The molecule has 226 valence electrons. The molecule has 1 fully saturated rings. The number of epoxide rings is 1. The fourth-order valence-electron chi connectivity index (χ4n) is 5.03. The van der Waals surface area contributed by atoms with Crippen LogP contribution in [0.15, 0.2) is 91.0 Å². The Morgan fingerprint density at radius 1 is 0.773 bits per heavy atom. The van der Waals surface area contributed by atoms with E-state index in [0.29, 0.717) is 5.56 Å². The molecule has 1 heterocycles.